The predicted molar refractivity (Wildman–Crippen MR) is 48.3 cm³/mol. The maximum absolute atomic E-state index is 12.3. The van der Waals surface area contributed by atoms with Gasteiger partial charge in [0.25, 0.3) is 0 Å². The number of anilines is 1. The maximum Gasteiger partial charge on any atom is 0.433 e. The molecular formula is C9H11F3N2. The third-order valence-corrected chi connectivity index (χ3v) is 1.94. The summed E-state index contributed by atoms with van der Waals surface area (Å²) in [4.78, 5) is 3.49. The lowest BCUT2D eigenvalue weighted by atomic mass is 10.1. The molecule has 0 amide bonds. The standard InChI is InChI=1S/C9H11F3N2/c1-5-4-7(9(10,11)12)14-6(2)8(5)13-3/h4,13H,1-3H3. The van der Waals surface area contributed by atoms with Crippen molar-refractivity contribution in [2.45, 2.75) is 20.0 Å². The van der Waals surface area contributed by atoms with Crippen LogP contribution < -0.4 is 5.32 Å². The SMILES string of the molecule is CNc1c(C)cc(C(F)(F)F)nc1C. The number of rotatable bonds is 1. The first kappa shape index (κ1) is 10.8. The Morgan fingerprint density at radius 3 is 2.21 bits per heavy atom. The quantitative estimate of drug-likeness (QED) is 0.760. The molecule has 0 aromatic carbocycles. The van der Waals surface area contributed by atoms with E-state index in [1.807, 2.05) is 0 Å². The number of nitrogens with zero attached hydrogens (tertiary/aromatic N) is 1. The van der Waals surface area contributed by atoms with Crippen molar-refractivity contribution >= 4 is 5.69 Å². The number of hydrogen-bond donors (Lipinski definition) is 1. The van der Waals surface area contributed by atoms with Crippen LogP contribution in [-0.4, -0.2) is 12.0 Å². The Kier molecular flexibility index (Phi) is 2.69. The van der Waals surface area contributed by atoms with Crippen LogP contribution in [0.15, 0.2) is 6.07 Å². The van der Waals surface area contributed by atoms with Crippen molar-refractivity contribution < 1.29 is 13.2 Å². The summed E-state index contributed by atoms with van der Waals surface area (Å²) in [7, 11) is 1.66. The Bertz CT molecular complexity index is 321. The second kappa shape index (κ2) is 3.48. The van der Waals surface area contributed by atoms with Gasteiger partial charge in [-0.05, 0) is 25.5 Å². The van der Waals surface area contributed by atoms with Gasteiger partial charge in [0.2, 0.25) is 0 Å². The highest BCUT2D eigenvalue weighted by molar-refractivity contribution is 5.54. The van der Waals surface area contributed by atoms with Gasteiger partial charge in [0.15, 0.2) is 0 Å². The Hall–Kier alpha value is -1.26. The molecule has 2 nitrogen and oxygen atoms in total. The summed E-state index contributed by atoms with van der Waals surface area (Å²) >= 11 is 0. The van der Waals surface area contributed by atoms with E-state index in [0.717, 1.165) is 6.07 Å². The van der Waals surface area contributed by atoms with Gasteiger partial charge >= 0.3 is 6.18 Å². The Balaban J connectivity index is 3.28. The number of pyridine rings is 1. The van der Waals surface area contributed by atoms with Gasteiger partial charge in [-0.25, -0.2) is 4.98 Å². The van der Waals surface area contributed by atoms with E-state index in [0.29, 0.717) is 16.9 Å². The van der Waals surface area contributed by atoms with Crippen LogP contribution >= 0.6 is 0 Å². The molecule has 1 N–H and O–H groups in total. The third kappa shape index (κ3) is 1.97. The van der Waals surface area contributed by atoms with Crippen molar-refractivity contribution in [1.29, 1.82) is 0 Å². The first-order valence-electron chi connectivity index (χ1n) is 4.09. The van der Waals surface area contributed by atoms with Gasteiger partial charge in [0.05, 0.1) is 11.4 Å². The van der Waals surface area contributed by atoms with Crippen LogP contribution in [0.5, 0.6) is 0 Å². The van der Waals surface area contributed by atoms with Gasteiger partial charge in [-0.15, -0.1) is 0 Å². The molecule has 0 saturated carbocycles. The summed E-state index contributed by atoms with van der Waals surface area (Å²) in [6, 6.07) is 1.04. The fraction of sp³-hybridized carbons (Fsp3) is 0.444. The first-order valence-corrected chi connectivity index (χ1v) is 4.09. The van der Waals surface area contributed by atoms with Crippen LogP contribution in [0.3, 0.4) is 0 Å². The molecular weight excluding hydrogens is 193 g/mol. The van der Waals surface area contributed by atoms with Crippen molar-refractivity contribution in [3.63, 3.8) is 0 Å². The highest BCUT2D eigenvalue weighted by Gasteiger charge is 2.33. The smallest absolute Gasteiger partial charge is 0.386 e. The fourth-order valence-electron chi connectivity index (χ4n) is 1.35. The summed E-state index contributed by atoms with van der Waals surface area (Å²) < 4.78 is 36.9. The normalized spacial score (nSPS) is 11.6. The molecule has 1 aromatic heterocycles. The van der Waals surface area contributed by atoms with E-state index in [1.54, 1.807) is 20.9 Å². The van der Waals surface area contributed by atoms with Crippen molar-refractivity contribution in [2.75, 3.05) is 12.4 Å². The molecule has 0 radical (unpaired) electrons. The van der Waals surface area contributed by atoms with E-state index < -0.39 is 11.9 Å². The summed E-state index contributed by atoms with van der Waals surface area (Å²) in [5.74, 6) is 0. The van der Waals surface area contributed by atoms with E-state index in [1.165, 1.54) is 0 Å². The lowest BCUT2D eigenvalue weighted by Crippen LogP contribution is -2.11. The number of alkyl halides is 3. The highest BCUT2D eigenvalue weighted by atomic mass is 19.4. The van der Waals surface area contributed by atoms with Gasteiger partial charge in [0.1, 0.15) is 5.69 Å². The maximum atomic E-state index is 12.3. The zero-order chi connectivity index (χ0) is 10.9. The van der Waals surface area contributed by atoms with Crippen LogP contribution in [0.2, 0.25) is 0 Å². The third-order valence-electron chi connectivity index (χ3n) is 1.94. The molecule has 0 fully saturated rings. The molecule has 0 bridgehead atoms. The fourth-order valence-corrected chi connectivity index (χ4v) is 1.35. The number of hydrogen-bond acceptors (Lipinski definition) is 2. The molecule has 14 heavy (non-hydrogen) atoms. The number of nitrogens with one attached hydrogen (secondary N) is 1. The van der Waals surface area contributed by atoms with Crippen molar-refractivity contribution in [3.05, 3.63) is 23.0 Å². The average Bonchev–Trinajstić information content (AvgIpc) is 2.01. The molecule has 1 rings (SSSR count). The Morgan fingerprint density at radius 2 is 1.86 bits per heavy atom. The Labute approximate surface area is 80.2 Å². The lowest BCUT2D eigenvalue weighted by molar-refractivity contribution is -0.141. The molecule has 0 unspecified atom stereocenters. The predicted octanol–water partition coefficient (Wildman–Crippen LogP) is 2.76. The first-order chi connectivity index (χ1) is 6.36. The van der Waals surface area contributed by atoms with Crippen LogP contribution in [0, 0.1) is 13.8 Å². The van der Waals surface area contributed by atoms with Gasteiger partial charge in [0, 0.05) is 7.05 Å². The highest BCUT2D eigenvalue weighted by Crippen LogP contribution is 2.30. The van der Waals surface area contributed by atoms with Gasteiger partial charge in [-0.1, -0.05) is 0 Å². The van der Waals surface area contributed by atoms with E-state index in [4.69, 9.17) is 0 Å². The zero-order valence-electron chi connectivity index (χ0n) is 8.16. The van der Waals surface area contributed by atoms with Crippen LogP contribution in [-0.2, 0) is 6.18 Å². The minimum atomic E-state index is -4.37. The Morgan fingerprint density at radius 1 is 1.29 bits per heavy atom. The average molecular weight is 204 g/mol. The van der Waals surface area contributed by atoms with Crippen molar-refractivity contribution in [1.82, 2.24) is 4.98 Å². The molecule has 0 aliphatic rings. The second-order valence-corrected chi connectivity index (χ2v) is 3.03. The second-order valence-electron chi connectivity index (χ2n) is 3.03. The minimum absolute atomic E-state index is 0.361. The largest absolute Gasteiger partial charge is 0.433 e. The van der Waals surface area contributed by atoms with Crippen molar-refractivity contribution in [3.8, 4) is 0 Å². The zero-order valence-corrected chi connectivity index (χ0v) is 8.16. The molecule has 0 saturated heterocycles. The van der Waals surface area contributed by atoms with Crippen molar-refractivity contribution in [2.24, 2.45) is 0 Å². The summed E-state index contributed by atoms with van der Waals surface area (Å²) in [6.07, 6.45) is -4.37. The lowest BCUT2D eigenvalue weighted by Gasteiger charge is -2.12. The topological polar surface area (TPSA) is 24.9 Å². The molecule has 0 spiro atoms. The van der Waals surface area contributed by atoms with Crippen LogP contribution in [0.4, 0.5) is 18.9 Å². The van der Waals surface area contributed by atoms with Gasteiger partial charge < -0.3 is 5.32 Å². The molecule has 78 valence electrons. The van der Waals surface area contributed by atoms with E-state index in [2.05, 4.69) is 10.3 Å². The molecule has 1 heterocycles. The molecule has 0 aliphatic heterocycles. The van der Waals surface area contributed by atoms with Crippen LogP contribution in [0.25, 0.3) is 0 Å². The summed E-state index contributed by atoms with van der Waals surface area (Å²) in [5.41, 5.74) is 0.719. The van der Waals surface area contributed by atoms with E-state index >= 15 is 0 Å². The molecule has 0 aliphatic carbocycles. The number of aromatic nitrogens is 1. The van der Waals surface area contributed by atoms with E-state index in [9.17, 15) is 13.2 Å². The molecule has 0 atom stereocenters. The minimum Gasteiger partial charge on any atom is -0.386 e. The van der Waals surface area contributed by atoms with Gasteiger partial charge in [-0.3, -0.25) is 0 Å². The summed E-state index contributed by atoms with van der Waals surface area (Å²) in [6.45, 7) is 3.17. The van der Waals surface area contributed by atoms with E-state index in [-0.39, 0.29) is 0 Å². The number of halogens is 3. The molecule has 1 aromatic rings. The van der Waals surface area contributed by atoms with Crippen LogP contribution in [0.1, 0.15) is 17.0 Å². The number of aryl methyl sites for hydroxylation is 2. The molecule has 5 heteroatoms. The monoisotopic (exact) mass is 204 g/mol. The van der Waals surface area contributed by atoms with Gasteiger partial charge in [-0.2, -0.15) is 13.2 Å². The summed E-state index contributed by atoms with van der Waals surface area (Å²) in [5, 5.41) is 2.81.